The predicted octanol–water partition coefficient (Wildman–Crippen LogP) is 5.84. The second-order valence-corrected chi connectivity index (χ2v) is 11.7. The van der Waals surface area contributed by atoms with Gasteiger partial charge in [0.05, 0.1) is 0 Å². The molecule has 0 atom stereocenters. The Morgan fingerprint density at radius 1 is 0.821 bits per heavy atom. The van der Waals surface area contributed by atoms with Gasteiger partial charge in [0, 0.05) is 0 Å². The summed E-state index contributed by atoms with van der Waals surface area (Å²) < 4.78 is 16.4. The molecule has 0 saturated heterocycles. The van der Waals surface area contributed by atoms with Crippen molar-refractivity contribution >= 4 is 24.3 Å². The molecule has 1 aromatic heterocycles. The Hall–Kier alpha value is -4.54. The molecule has 0 N–H and O–H groups in total. The van der Waals surface area contributed by atoms with E-state index in [1.54, 1.807) is 30.3 Å². The van der Waals surface area contributed by atoms with E-state index in [9.17, 15) is 4.79 Å². The molecule has 0 bridgehead atoms. The Balaban J connectivity index is 1.50. The monoisotopic (exact) mass is 536 g/mol. The minimum atomic E-state index is -1.82. The number of para-hydroxylation sites is 1. The van der Waals surface area contributed by atoms with E-state index in [2.05, 4.69) is 76.7 Å². The summed E-state index contributed by atoms with van der Waals surface area (Å²) in [7, 11) is 1.18. The van der Waals surface area contributed by atoms with Crippen molar-refractivity contribution in [3.8, 4) is 23.5 Å². The SMILES string of the molecule is COc1cc(OC)nc(Oc2ccccc2C(=O)C=C2CC=CC=C2[PH2](c2ccccc2)c2ccccc2)n1. The van der Waals surface area contributed by atoms with Gasteiger partial charge in [-0.15, -0.1) is 0 Å². The van der Waals surface area contributed by atoms with Gasteiger partial charge in [0.1, 0.15) is 0 Å². The molecule has 4 aromatic rings. The van der Waals surface area contributed by atoms with Gasteiger partial charge in [-0.3, -0.25) is 0 Å². The van der Waals surface area contributed by atoms with Crippen LogP contribution in [0.3, 0.4) is 0 Å². The number of methoxy groups -OCH3 is 2. The number of hydrogen-bond donors (Lipinski definition) is 0. The number of hydrogen-bond acceptors (Lipinski definition) is 6. The number of aromatic nitrogens is 2. The molecule has 1 aliphatic rings. The van der Waals surface area contributed by atoms with Crippen LogP contribution in [0.5, 0.6) is 23.5 Å². The van der Waals surface area contributed by atoms with Crippen molar-refractivity contribution < 1.29 is 19.0 Å². The molecular weight excluding hydrogens is 507 g/mol. The van der Waals surface area contributed by atoms with Crippen LogP contribution in [-0.2, 0) is 0 Å². The average molecular weight is 537 g/mol. The van der Waals surface area contributed by atoms with Crippen LogP contribution in [0.2, 0.25) is 0 Å². The number of ether oxygens (including phenoxy) is 3. The molecule has 39 heavy (non-hydrogen) atoms. The molecular formula is C32H29N2O4P. The van der Waals surface area contributed by atoms with Crippen LogP contribution in [0.15, 0.2) is 126 Å². The first-order valence-corrected chi connectivity index (χ1v) is 14.4. The van der Waals surface area contributed by atoms with Crippen LogP contribution in [0.1, 0.15) is 16.8 Å². The average Bonchev–Trinajstić information content (AvgIpc) is 2.99. The zero-order chi connectivity index (χ0) is 27.0. The Labute approximate surface area is 229 Å². The zero-order valence-corrected chi connectivity index (χ0v) is 22.9. The second kappa shape index (κ2) is 12.3. The number of carbonyl (C=O) groups excluding carboxylic acids is 1. The van der Waals surface area contributed by atoms with E-state index < -0.39 is 7.92 Å². The molecule has 0 fully saturated rings. The summed E-state index contributed by atoms with van der Waals surface area (Å²) in [5, 5.41) is 3.83. The van der Waals surface area contributed by atoms with Crippen molar-refractivity contribution in [1.82, 2.24) is 9.97 Å². The molecule has 0 spiro atoms. The van der Waals surface area contributed by atoms with Gasteiger partial charge < -0.3 is 0 Å². The molecule has 6 nitrogen and oxygen atoms in total. The third kappa shape index (κ3) is 6.14. The topological polar surface area (TPSA) is 70.5 Å². The number of nitrogens with zero attached hydrogens (tertiary/aromatic N) is 2. The summed E-state index contributed by atoms with van der Waals surface area (Å²) in [4.78, 5) is 22.2. The maximum absolute atomic E-state index is 13.7. The van der Waals surface area contributed by atoms with Gasteiger partial charge >= 0.3 is 229 Å². The van der Waals surface area contributed by atoms with Crippen molar-refractivity contribution in [1.29, 1.82) is 0 Å². The van der Waals surface area contributed by atoms with E-state index in [1.807, 2.05) is 18.2 Å². The summed E-state index contributed by atoms with van der Waals surface area (Å²) >= 11 is 0. The molecule has 7 heteroatoms. The van der Waals surface area contributed by atoms with Crippen molar-refractivity contribution in [3.05, 3.63) is 132 Å². The first-order chi connectivity index (χ1) is 19.2. The van der Waals surface area contributed by atoms with Gasteiger partial charge in [-0.2, -0.15) is 0 Å². The van der Waals surface area contributed by atoms with Crippen LogP contribution in [-0.4, -0.2) is 30.0 Å². The molecule has 1 aliphatic carbocycles. The Morgan fingerprint density at radius 2 is 1.41 bits per heavy atom. The zero-order valence-electron chi connectivity index (χ0n) is 21.8. The Kier molecular flexibility index (Phi) is 8.25. The fraction of sp³-hybridized carbons (Fsp3) is 0.0938. The van der Waals surface area contributed by atoms with Gasteiger partial charge in [0.2, 0.25) is 0 Å². The Morgan fingerprint density at radius 3 is 2.03 bits per heavy atom. The summed E-state index contributed by atoms with van der Waals surface area (Å²) in [6, 6.07) is 29.8. The summed E-state index contributed by atoms with van der Waals surface area (Å²) in [5.41, 5.74) is 1.43. The van der Waals surface area contributed by atoms with E-state index in [1.165, 1.54) is 30.1 Å². The van der Waals surface area contributed by atoms with E-state index in [4.69, 9.17) is 14.2 Å². The number of allylic oxidation sites excluding steroid dienone is 6. The van der Waals surface area contributed by atoms with E-state index in [0.717, 1.165) is 5.57 Å². The van der Waals surface area contributed by atoms with Gasteiger partial charge in [-0.1, -0.05) is 0 Å². The molecule has 0 saturated carbocycles. The summed E-state index contributed by atoms with van der Waals surface area (Å²) in [6.45, 7) is 0. The van der Waals surface area contributed by atoms with Crippen molar-refractivity contribution in [2.45, 2.75) is 6.42 Å². The third-order valence-corrected chi connectivity index (χ3v) is 9.72. The van der Waals surface area contributed by atoms with Crippen molar-refractivity contribution in [2.24, 2.45) is 0 Å². The standard InChI is InChI=1S/C32H29N2O4P/c1-36-30-22-31(37-2)34-32(33-30)38-28-19-11-10-18-26(28)27(35)21-23-13-9-12-20-29(23)39(24-14-5-3-6-15-24)25-16-7-4-8-17-25/h3-12,14-22H,13,39H2,1-2H3. The minimum absolute atomic E-state index is 0.0286. The van der Waals surface area contributed by atoms with Gasteiger partial charge in [-0.25, -0.2) is 0 Å². The van der Waals surface area contributed by atoms with Crippen LogP contribution >= 0.6 is 7.92 Å². The quantitative estimate of drug-likeness (QED) is 0.152. The Bertz CT molecular complexity index is 1490. The van der Waals surface area contributed by atoms with Crippen molar-refractivity contribution in [2.75, 3.05) is 14.2 Å². The van der Waals surface area contributed by atoms with Crippen LogP contribution in [0, 0.1) is 0 Å². The fourth-order valence-electron chi connectivity index (χ4n) is 4.59. The molecule has 0 radical (unpaired) electrons. The van der Waals surface area contributed by atoms with Gasteiger partial charge in [0.25, 0.3) is 0 Å². The fourth-order valence-corrected chi connectivity index (χ4v) is 7.78. The number of ketones is 1. The summed E-state index contributed by atoms with van der Waals surface area (Å²) in [5.74, 6) is 0.797. The number of benzene rings is 3. The first kappa shape index (κ1) is 26.1. The van der Waals surface area contributed by atoms with Gasteiger partial charge in [0.15, 0.2) is 0 Å². The summed E-state index contributed by atoms with van der Waals surface area (Å²) in [6.07, 6.45) is 8.77. The second-order valence-electron chi connectivity index (χ2n) is 8.88. The molecule has 0 aliphatic heterocycles. The normalized spacial score (nSPS) is 13.9. The predicted molar refractivity (Wildman–Crippen MR) is 158 cm³/mol. The van der Waals surface area contributed by atoms with Gasteiger partial charge in [-0.05, 0) is 0 Å². The first-order valence-electron chi connectivity index (χ1n) is 12.6. The molecule has 5 rings (SSSR count). The number of carbonyl (C=O) groups is 1. The molecule has 196 valence electrons. The van der Waals surface area contributed by atoms with Crippen LogP contribution < -0.4 is 24.8 Å². The number of rotatable bonds is 9. The van der Waals surface area contributed by atoms with Crippen LogP contribution in [0.25, 0.3) is 0 Å². The molecule has 3 aromatic carbocycles. The molecule has 0 unspecified atom stereocenters. The van der Waals surface area contributed by atoms with Crippen LogP contribution in [0.4, 0.5) is 0 Å². The van der Waals surface area contributed by atoms with E-state index >= 15 is 0 Å². The molecule has 1 heterocycles. The maximum atomic E-state index is 13.7. The third-order valence-electron chi connectivity index (χ3n) is 6.43. The van der Waals surface area contributed by atoms with E-state index in [0.29, 0.717) is 29.5 Å². The molecule has 0 amide bonds. The van der Waals surface area contributed by atoms with Crippen molar-refractivity contribution in [3.63, 3.8) is 0 Å². The van der Waals surface area contributed by atoms with E-state index in [-0.39, 0.29) is 11.8 Å².